The minimum atomic E-state index is -0.277. The molecule has 6 nitrogen and oxygen atoms in total. The van der Waals surface area contributed by atoms with Crippen LogP contribution in [0.4, 0.5) is 5.95 Å². The number of aromatic nitrogens is 2. The third-order valence-corrected chi connectivity index (χ3v) is 2.19. The molecule has 2 aromatic rings. The molecule has 0 bridgehead atoms. The maximum Gasteiger partial charge on any atom is 0.264 e. The van der Waals surface area contributed by atoms with E-state index in [0.29, 0.717) is 11.7 Å². The van der Waals surface area contributed by atoms with Gasteiger partial charge in [-0.3, -0.25) is 10.1 Å². The van der Waals surface area contributed by atoms with Crippen LogP contribution in [0.5, 0.6) is 11.5 Å². The SMILES string of the molecule is COc1ccc(OCC(=O)Nc2ncc[nH]2)cc1. The molecule has 0 saturated carbocycles. The van der Waals surface area contributed by atoms with Crippen LogP contribution in [0.2, 0.25) is 0 Å². The summed E-state index contributed by atoms with van der Waals surface area (Å²) in [6.07, 6.45) is 3.18. The van der Waals surface area contributed by atoms with Gasteiger partial charge in [-0.1, -0.05) is 0 Å². The maximum atomic E-state index is 11.5. The molecule has 0 aliphatic rings. The van der Waals surface area contributed by atoms with E-state index in [2.05, 4.69) is 15.3 Å². The van der Waals surface area contributed by atoms with Gasteiger partial charge in [0.15, 0.2) is 6.61 Å². The van der Waals surface area contributed by atoms with E-state index < -0.39 is 0 Å². The van der Waals surface area contributed by atoms with Gasteiger partial charge in [0, 0.05) is 12.4 Å². The first-order valence-electron chi connectivity index (χ1n) is 5.34. The third-order valence-electron chi connectivity index (χ3n) is 2.19. The zero-order chi connectivity index (χ0) is 12.8. The lowest BCUT2D eigenvalue weighted by Crippen LogP contribution is -2.20. The number of hydrogen-bond acceptors (Lipinski definition) is 4. The van der Waals surface area contributed by atoms with Gasteiger partial charge in [-0.2, -0.15) is 0 Å². The van der Waals surface area contributed by atoms with E-state index in [1.807, 2.05) is 0 Å². The molecule has 1 aromatic carbocycles. The molecule has 18 heavy (non-hydrogen) atoms. The maximum absolute atomic E-state index is 11.5. The second-order valence-electron chi connectivity index (χ2n) is 3.45. The largest absolute Gasteiger partial charge is 0.497 e. The smallest absolute Gasteiger partial charge is 0.264 e. The summed E-state index contributed by atoms with van der Waals surface area (Å²) in [6.45, 7) is -0.0764. The van der Waals surface area contributed by atoms with Crippen molar-refractivity contribution in [2.75, 3.05) is 19.0 Å². The van der Waals surface area contributed by atoms with Gasteiger partial charge in [0.05, 0.1) is 7.11 Å². The van der Waals surface area contributed by atoms with Gasteiger partial charge in [0.25, 0.3) is 5.91 Å². The number of H-pyrrole nitrogens is 1. The van der Waals surface area contributed by atoms with Crippen LogP contribution in [0.15, 0.2) is 36.7 Å². The Kier molecular flexibility index (Phi) is 3.80. The van der Waals surface area contributed by atoms with E-state index in [9.17, 15) is 4.79 Å². The number of benzene rings is 1. The van der Waals surface area contributed by atoms with Gasteiger partial charge >= 0.3 is 0 Å². The van der Waals surface area contributed by atoms with Crippen molar-refractivity contribution in [1.29, 1.82) is 0 Å². The number of nitrogens with zero attached hydrogens (tertiary/aromatic N) is 1. The quantitative estimate of drug-likeness (QED) is 0.838. The first-order chi connectivity index (χ1) is 8.78. The van der Waals surface area contributed by atoms with Crippen LogP contribution in [0.25, 0.3) is 0 Å². The molecule has 94 valence electrons. The summed E-state index contributed by atoms with van der Waals surface area (Å²) in [5.41, 5.74) is 0. The summed E-state index contributed by atoms with van der Waals surface area (Å²) in [6, 6.07) is 7.00. The number of nitrogens with one attached hydrogen (secondary N) is 2. The Hall–Kier alpha value is -2.50. The highest BCUT2D eigenvalue weighted by Crippen LogP contribution is 2.16. The highest BCUT2D eigenvalue weighted by atomic mass is 16.5. The molecular formula is C12H13N3O3. The zero-order valence-electron chi connectivity index (χ0n) is 9.84. The molecule has 0 fully saturated rings. The fourth-order valence-corrected chi connectivity index (χ4v) is 1.32. The highest BCUT2D eigenvalue weighted by Gasteiger charge is 2.04. The van der Waals surface area contributed by atoms with Gasteiger partial charge in [0.2, 0.25) is 5.95 Å². The first kappa shape index (κ1) is 12.0. The molecular weight excluding hydrogens is 234 g/mol. The van der Waals surface area contributed by atoms with Crippen LogP contribution >= 0.6 is 0 Å². The first-order valence-corrected chi connectivity index (χ1v) is 5.34. The van der Waals surface area contributed by atoms with E-state index in [4.69, 9.17) is 9.47 Å². The molecule has 0 aliphatic carbocycles. The average Bonchev–Trinajstić information content (AvgIpc) is 2.90. The number of amides is 1. The molecule has 2 N–H and O–H groups in total. The number of carbonyl (C=O) groups excluding carboxylic acids is 1. The van der Waals surface area contributed by atoms with Crippen LogP contribution in [0.3, 0.4) is 0 Å². The number of imidazole rings is 1. The Morgan fingerprint density at radius 1 is 1.33 bits per heavy atom. The number of hydrogen-bond donors (Lipinski definition) is 2. The standard InChI is InChI=1S/C12H13N3O3/c1-17-9-2-4-10(5-3-9)18-8-11(16)15-12-13-6-7-14-12/h2-7H,8H2,1H3,(H2,13,14,15,16). The minimum absolute atomic E-state index is 0.0764. The lowest BCUT2D eigenvalue weighted by atomic mass is 10.3. The van der Waals surface area contributed by atoms with Crippen molar-refractivity contribution in [3.63, 3.8) is 0 Å². The molecule has 0 aliphatic heterocycles. The van der Waals surface area contributed by atoms with Crippen molar-refractivity contribution in [1.82, 2.24) is 9.97 Å². The summed E-state index contributed by atoms with van der Waals surface area (Å²) in [5.74, 6) is 1.46. The molecule has 1 heterocycles. The van der Waals surface area contributed by atoms with Crippen LogP contribution in [0.1, 0.15) is 0 Å². The number of anilines is 1. The average molecular weight is 247 g/mol. The Bertz CT molecular complexity index is 494. The molecule has 1 aromatic heterocycles. The van der Waals surface area contributed by atoms with Crippen molar-refractivity contribution in [3.05, 3.63) is 36.7 Å². The van der Waals surface area contributed by atoms with Crippen LogP contribution in [-0.2, 0) is 4.79 Å². The molecule has 0 atom stereocenters. The Balaban J connectivity index is 1.81. The Labute approximate surface area is 104 Å². The fraction of sp³-hybridized carbons (Fsp3) is 0.167. The predicted octanol–water partition coefficient (Wildman–Crippen LogP) is 1.44. The monoisotopic (exact) mass is 247 g/mol. The van der Waals surface area contributed by atoms with Gasteiger partial charge in [-0.05, 0) is 24.3 Å². The minimum Gasteiger partial charge on any atom is -0.497 e. The molecule has 1 amide bonds. The number of carbonyl (C=O) groups is 1. The second-order valence-corrected chi connectivity index (χ2v) is 3.45. The second kappa shape index (κ2) is 5.72. The summed E-state index contributed by atoms with van der Waals surface area (Å²) in [5, 5.41) is 2.56. The topological polar surface area (TPSA) is 76.2 Å². The number of rotatable bonds is 5. The van der Waals surface area contributed by atoms with Crippen molar-refractivity contribution >= 4 is 11.9 Å². The van der Waals surface area contributed by atoms with Gasteiger partial charge in [0.1, 0.15) is 11.5 Å². The highest BCUT2D eigenvalue weighted by molar-refractivity contribution is 5.90. The van der Waals surface area contributed by atoms with Crippen molar-refractivity contribution < 1.29 is 14.3 Å². The number of ether oxygens (including phenoxy) is 2. The van der Waals surface area contributed by atoms with E-state index in [1.54, 1.807) is 43.8 Å². The van der Waals surface area contributed by atoms with Crippen LogP contribution in [0, 0.1) is 0 Å². The zero-order valence-corrected chi connectivity index (χ0v) is 9.84. The molecule has 0 unspecified atom stereocenters. The van der Waals surface area contributed by atoms with Gasteiger partial charge < -0.3 is 14.5 Å². The fourth-order valence-electron chi connectivity index (χ4n) is 1.32. The summed E-state index contributed by atoms with van der Waals surface area (Å²) in [7, 11) is 1.59. The third kappa shape index (κ3) is 3.24. The van der Waals surface area contributed by atoms with E-state index >= 15 is 0 Å². The number of aromatic amines is 1. The molecule has 0 spiro atoms. The van der Waals surface area contributed by atoms with Crippen molar-refractivity contribution in [2.45, 2.75) is 0 Å². The molecule has 0 radical (unpaired) electrons. The van der Waals surface area contributed by atoms with Gasteiger partial charge in [-0.25, -0.2) is 4.98 Å². The predicted molar refractivity (Wildman–Crippen MR) is 65.7 cm³/mol. The molecule has 0 saturated heterocycles. The lowest BCUT2D eigenvalue weighted by molar-refractivity contribution is -0.118. The van der Waals surface area contributed by atoms with Gasteiger partial charge in [-0.15, -0.1) is 0 Å². The normalized spacial score (nSPS) is 9.83. The van der Waals surface area contributed by atoms with Crippen LogP contribution in [-0.4, -0.2) is 29.6 Å². The Morgan fingerprint density at radius 2 is 2.06 bits per heavy atom. The van der Waals surface area contributed by atoms with Crippen molar-refractivity contribution in [2.24, 2.45) is 0 Å². The van der Waals surface area contributed by atoms with Crippen molar-refractivity contribution in [3.8, 4) is 11.5 Å². The lowest BCUT2D eigenvalue weighted by Gasteiger charge is -2.06. The van der Waals surface area contributed by atoms with E-state index in [0.717, 1.165) is 5.75 Å². The Morgan fingerprint density at radius 3 is 2.67 bits per heavy atom. The van der Waals surface area contributed by atoms with Crippen LogP contribution < -0.4 is 14.8 Å². The summed E-state index contributed by atoms with van der Waals surface area (Å²) in [4.78, 5) is 18.1. The van der Waals surface area contributed by atoms with E-state index in [-0.39, 0.29) is 12.5 Å². The number of methoxy groups -OCH3 is 1. The summed E-state index contributed by atoms with van der Waals surface area (Å²) >= 11 is 0. The molecule has 6 heteroatoms. The van der Waals surface area contributed by atoms with E-state index in [1.165, 1.54) is 0 Å². The summed E-state index contributed by atoms with van der Waals surface area (Å²) < 4.78 is 10.3. The molecule has 2 rings (SSSR count).